The molecule has 0 saturated heterocycles. The molecule has 0 heterocycles. The molecule has 0 aromatic rings. The lowest BCUT2D eigenvalue weighted by molar-refractivity contribution is -0.889. The zero-order chi connectivity index (χ0) is 40.7. The molecule has 2 unspecified atom stereocenters. The molecule has 0 aromatic heterocycles. The predicted octanol–water partition coefficient (Wildman–Crippen LogP) is 10.2. The Labute approximate surface area is 336 Å². The van der Waals surface area contributed by atoms with E-state index in [-0.39, 0.29) is 43.1 Å². The Hall–Kier alpha value is -3.23. The van der Waals surface area contributed by atoms with Gasteiger partial charge in [-0.15, -0.1) is 0 Å². The fourth-order valence-electron chi connectivity index (χ4n) is 5.76. The predicted molar refractivity (Wildman–Crippen MR) is 226 cm³/mol. The molecule has 55 heavy (non-hydrogen) atoms. The van der Waals surface area contributed by atoms with E-state index in [9.17, 15) is 19.5 Å². The van der Waals surface area contributed by atoms with Crippen molar-refractivity contribution in [3.05, 3.63) is 72.9 Å². The van der Waals surface area contributed by atoms with Crippen LogP contribution in [0.15, 0.2) is 72.9 Å². The number of esters is 2. The zero-order valence-corrected chi connectivity index (χ0v) is 35.6. The van der Waals surface area contributed by atoms with Crippen LogP contribution in [0.2, 0.25) is 0 Å². The molecule has 0 saturated carbocycles. The number of allylic oxidation sites excluding steroid dienone is 12. The van der Waals surface area contributed by atoms with Gasteiger partial charge in [0.25, 0.3) is 0 Å². The van der Waals surface area contributed by atoms with Gasteiger partial charge in [0.15, 0.2) is 6.10 Å². The lowest BCUT2D eigenvalue weighted by Gasteiger charge is -2.34. The first-order chi connectivity index (χ1) is 26.6. The van der Waals surface area contributed by atoms with Crippen molar-refractivity contribution in [3.63, 3.8) is 0 Å². The number of carboxylic acid groups (broad SMARTS) is 1. The van der Waals surface area contributed by atoms with Gasteiger partial charge in [-0.05, 0) is 70.6 Å². The third-order valence-electron chi connectivity index (χ3n) is 9.09. The van der Waals surface area contributed by atoms with Gasteiger partial charge in [0, 0.05) is 19.3 Å². The Morgan fingerprint density at radius 3 is 1.58 bits per heavy atom. The van der Waals surface area contributed by atoms with Crippen molar-refractivity contribution in [2.75, 3.05) is 41.0 Å². The topological polar surface area (TPSA) is 102 Å². The normalized spacial score (nSPS) is 13.7. The summed E-state index contributed by atoms with van der Waals surface area (Å²) in [5.41, 5.74) is 0. The monoisotopic (exact) mass is 770 g/mol. The summed E-state index contributed by atoms with van der Waals surface area (Å²) in [7, 11) is 5.37. The summed E-state index contributed by atoms with van der Waals surface area (Å²) in [5.74, 6) is -1.86. The van der Waals surface area contributed by atoms with Crippen molar-refractivity contribution >= 4 is 17.9 Å². The molecule has 0 aliphatic rings. The van der Waals surface area contributed by atoms with Gasteiger partial charge in [0.1, 0.15) is 12.6 Å². The summed E-state index contributed by atoms with van der Waals surface area (Å²) in [6.07, 6.45) is 46.6. The van der Waals surface area contributed by atoms with Crippen molar-refractivity contribution in [3.8, 4) is 0 Å². The standard InChI is InChI=1S/C47H79NO7/c1-6-8-10-12-14-16-18-20-21-22-23-24-26-27-29-31-33-35-37-45(49)54-42-43(41-53-40-39-44(47(51)52)48(3,4)5)55-46(50)38-36-34-32-30-28-25-19-17-15-13-11-9-7-2/h9,11,15-18,21-22,25,28,32,34,43-44H,6-8,10,12-14,19-20,23-24,26-27,29-31,33,35-42H2,1-5H3/b11-9-,17-15-,18-16-,22-21-,28-25-,34-32-. The fraction of sp³-hybridized carbons (Fsp3) is 0.681. The van der Waals surface area contributed by atoms with Crippen molar-refractivity contribution < 1.29 is 38.2 Å². The van der Waals surface area contributed by atoms with E-state index in [2.05, 4.69) is 74.6 Å². The zero-order valence-electron chi connectivity index (χ0n) is 35.6. The number of rotatable bonds is 37. The number of likely N-dealkylation sites (N-methyl/N-ethyl adjacent to an activating group) is 1. The van der Waals surface area contributed by atoms with Gasteiger partial charge >= 0.3 is 11.9 Å². The second-order valence-electron chi connectivity index (χ2n) is 15.2. The van der Waals surface area contributed by atoms with E-state index < -0.39 is 24.1 Å². The van der Waals surface area contributed by atoms with Crippen LogP contribution in [-0.4, -0.2) is 75.5 Å². The molecule has 0 N–H and O–H groups in total. The van der Waals surface area contributed by atoms with Gasteiger partial charge in [-0.3, -0.25) is 9.59 Å². The van der Waals surface area contributed by atoms with Crippen LogP contribution in [0.1, 0.15) is 155 Å². The van der Waals surface area contributed by atoms with Crippen molar-refractivity contribution in [2.45, 2.75) is 167 Å². The Morgan fingerprint density at radius 2 is 1.05 bits per heavy atom. The van der Waals surface area contributed by atoms with Crippen LogP contribution in [0, 0.1) is 0 Å². The lowest BCUT2D eigenvalue weighted by atomic mass is 10.1. The van der Waals surface area contributed by atoms with Crippen molar-refractivity contribution in [1.82, 2.24) is 0 Å². The van der Waals surface area contributed by atoms with Crippen LogP contribution >= 0.6 is 0 Å². The maximum absolute atomic E-state index is 12.6. The number of ether oxygens (including phenoxy) is 3. The Morgan fingerprint density at radius 1 is 0.564 bits per heavy atom. The number of aliphatic carboxylic acids is 1. The van der Waals surface area contributed by atoms with Crippen molar-refractivity contribution in [2.24, 2.45) is 0 Å². The van der Waals surface area contributed by atoms with Crippen LogP contribution in [-0.2, 0) is 28.6 Å². The highest BCUT2D eigenvalue weighted by Crippen LogP contribution is 2.12. The van der Waals surface area contributed by atoms with Crippen molar-refractivity contribution in [1.29, 1.82) is 0 Å². The molecule has 0 aliphatic carbocycles. The highest BCUT2D eigenvalue weighted by Gasteiger charge is 2.25. The SMILES string of the molecule is CC/C=C\C/C=C\C/C=C\C/C=C\CCC(=O)OC(COCCC(C(=O)[O-])[N+](C)(C)C)COC(=O)CCCCCCCCC/C=C\C/C=C\CCCCCC. The average molecular weight is 770 g/mol. The Balaban J connectivity index is 4.44. The molecule has 2 atom stereocenters. The minimum absolute atomic E-state index is 0.00589. The summed E-state index contributed by atoms with van der Waals surface area (Å²) in [6, 6.07) is -0.741. The summed E-state index contributed by atoms with van der Waals surface area (Å²) in [6.45, 7) is 4.42. The van der Waals surface area contributed by atoms with E-state index in [1.807, 2.05) is 12.2 Å². The number of carbonyl (C=O) groups is 3. The molecule has 0 rings (SSSR count). The largest absolute Gasteiger partial charge is 0.544 e. The highest BCUT2D eigenvalue weighted by molar-refractivity contribution is 5.70. The Kier molecular flexibility index (Phi) is 35.5. The van der Waals surface area contributed by atoms with Crippen LogP contribution in [0.5, 0.6) is 0 Å². The number of unbranched alkanes of at least 4 members (excludes halogenated alkanes) is 11. The molecule has 0 bridgehead atoms. The van der Waals surface area contributed by atoms with Gasteiger partial charge in [0.05, 0.1) is 40.3 Å². The number of hydrogen-bond donors (Lipinski definition) is 0. The second kappa shape index (κ2) is 37.7. The molecule has 314 valence electrons. The molecule has 0 aliphatic heterocycles. The highest BCUT2D eigenvalue weighted by atomic mass is 16.6. The van der Waals surface area contributed by atoms with Gasteiger partial charge in [-0.1, -0.05) is 138 Å². The van der Waals surface area contributed by atoms with E-state index in [1.54, 1.807) is 21.1 Å². The van der Waals surface area contributed by atoms with Crippen LogP contribution in [0.4, 0.5) is 0 Å². The molecule has 8 nitrogen and oxygen atoms in total. The first kappa shape index (κ1) is 51.8. The number of hydrogen-bond acceptors (Lipinski definition) is 7. The maximum atomic E-state index is 12.6. The van der Waals surface area contributed by atoms with Gasteiger partial charge in [-0.2, -0.15) is 0 Å². The van der Waals surface area contributed by atoms with Gasteiger partial charge < -0.3 is 28.6 Å². The molecule has 0 radical (unpaired) electrons. The molecule has 0 spiro atoms. The van der Waals surface area contributed by atoms with E-state index in [0.717, 1.165) is 57.8 Å². The lowest BCUT2D eigenvalue weighted by Crippen LogP contribution is -2.55. The summed E-state index contributed by atoms with van der Waals surface area (Å²) >= 11 is 0. The third kappa shape index (κ3) is 36.2. The minimum Gasteiger partial charge on any atom is -0.544 e. The number of carbonyl (C=O) groups excluding carboxylic acids is 3. The van der Waals surface area contributed by atoms with E-state index in [1.165, 1.54) is 57.8 Å². The molecule has 0 amide bonds. The maximum Gasteiger partial charge on any atom is 0.306 e. The minimum atomic E-state index is -1.14. The summed E-state index contributed by atoms with van der Waals surface area (Å²) < 4.78 is 17.0. The quantitative estimate of drug-likeness (QED) is 0.0268. The van der Waals surface area contributed by atoms with Gasteiger partial charge in [-0.25, -0.2) is 0 Å². The number of nitrogens with zero attached hydrogens (tertiary/aromatic N) is 1. The van der Waals surface area contributed by atoms with E-state index in [0.29, 0.717) is 12.8 Å². The first-order valence-corrected chi connectivity index (χ1v) is 21.5. The second-order valence-corrected chi connectivity index (χ2v) is 15.2. The first-order valence-electron chi connectivity index (χ1n) is 21.5. The van der Waals surface area contributed by atoms with Gasteiger partial charge in [0.2, 0.25) is 0 Å². The van der Waals surface area contributed by atoms with E-state index >= 15 is 0 Å². The molecule has 0 aromatic carbocycles. The summed E-state index contributed by atoms with van der Waals surface area (Å²) in [4.78, 5) is 36.8. The van der Waals surface area contributed by atoms with E-state index in [4.69, 9.17) is 14.2 Å². The molecular formula is C47H79NO7. The fourth-order valence-corrected chi connectivity index (χ4v) is 5.76. The Bertz CT molecular complexity index is 1130. The molecule has 0 fully saturated rings. The summed E-state index contributed by atoms with van der Waals surface area (Å²) in [5, 5.41) is 11.6. The molecule has 8 heteroatoms. The number of quaternary nitrogens is 1. The van der Waals surface area contributed by atoms with Crippen LogP contribution < -0.4 is 5.11 Å². The number of carboxylic acids is 1. The van der Waals surface area contributed by atoms with Crippen LogP contribution in [0.25, 0.3) is 0 Å². The smallest absolute Gasteiger partial charge is 0.306 e. The van der Waals surface area contributed by atoms with Crippen LogP contribution in [0.3, 0.4) is 0 Å². The molecular weight excluding hydrogens is 691 g/mol. The average Bonchev–Trinajstić information content (AvgIpc) is 3.14. The third-order valence-corrected chi connectivity index (χ3v) is 9.09.